The number of thiophene rings is 1. The standard InChI is InChI=1S/C17H21N5OS2/c18-17(24)22(13-9-21-6-3-10(13)4-7-21)12-5-8-25-14(12)16-19-15(20-23-16)11-1-2-11/h5,8,10-11,13H,1-4,6-7,9H2,(H2,18,24). The molecule has 2 N–H and O–H groups in total. The number of anilines is 1. The Morgan fingerprint density at radius 3 is 2.76 bits per heavy atom. The molecule has 0 amide bonds. The second-order valence-electron chi connectivity index (χ2n) is 7.28. The quantitative estimate of drug-likeness (QED) is 0.824. The summed E-state index contributed by atoms with van der Waals surface area (Å²) in [4.78, 5) is 10.2. The number of nitrogens with two attached hydrogens (primary N) is 1. The Morgan fingerprint density at radius 2 is 2.12 bits per heavy atom. The first kappa shape index (κ1) is 15.7. The molecule has 1 saturated carbocycles. The minimum Gasteiger partial charge on any atom is -0.376 e. The zero-order chi connectivity index (χ0) is 17.0. The lowest BCUT2D eigenvalue weighted by Crippen LogP contribution is -2.60. The van der Waals surface area contributed by atoms with Crippen LogP contribution in [0.5, 0.6) is 0 Å². The zero-order valence-electron chi connectivity index (χ0n) is 13.9. The Labute approximate surface area is 156 Å². The Kier molecular flexibility index (Phi) is 3.79. The SMILES string of the molecule is NC(=S)N(c1ccsc1-c1nc(C2CC2)no1)C1CN2CCC1CC2. The smallest absolute Gasteiger partial charge is 0.270 e. The number of hydrogen-bond acceptors (Lipinski definition) is 6. The number of hydrogen-bond donors (Lipinski definition) is 1. The minimum absolute atomic E-state index is 0.333. The van der Waals surface area contributed by atoms with Crippen molar-refractivity contribution in [3.63, 3.8) is 0 Å². The average molecular weight is 376 g/mol. The Morgan fingerprint density at radius 1 is 1.32 bits per heavy atom. The highest BCUT2D eigenvalue weighted by Gasteiger charge is 2.40. The van der Waals surface area contributed by atoms with Crippen LogP contribution in [0.15, 0.2) is 16.0 Å². The fraction of sp³-hybridized carbons (Fsp3) is 0.588. The first-order valence-corrected chi connectivity index (χ1v) is 10.2. The van der Waals surface area contributed by atoms with Crippen LogP contribution < -0.4 is 10.6 Å². The summed E-state index contributed by atoms with van der Waals surface area (Å²) < 4.78 is 5.56. The van der Waals surface area contributed by atoms with E-state index in [1.54, 1.807) is 11.3 Å². The maximum Gasteiger partial charge on any atom is 0.270 e. The Bertz CT molecular complexity index is 791. The van der Waals surface area contributed by atoms with E-state index in [0.717, 1.165) is 35.8 Å². The second kappa shape index (κ2) is 6.03. The van der Waals surface area contributed by atoms with Crippen molar-refractivity contribution in [1.29, 1.82) is 0 Å². The molecule has 1 unspecified atom stereocenters. The summed E-state index contributed by atoms with van der Waals surface area (Å²) in [5, 5.41) is 6.64. The van der Waals surface area contributed by atoms with Crippen LogP contribution in [-0.2, 0) is 0 Å². The summed E-state index contributed by atoms with van der Waals surface area (Å²) in [6.45, 7) is 3.41. The molecule has 8 heteroatoms. The Balaban J connectivity index is 1.50. The van der Waals surface area contributed by atoms with Gasteiger partial charge in [-0.15, -0.1) is 11.3 Å². The highest BCUT2D eigenvalue weighted by molar-refractivity contribution is 7.80. The number of aromatic nitrogens is 2. The third-order valence-corrected chi connectivity index (χ3v) is 6.76. The number of fused-ring (bicyclic) bond motifs is 3. The molecular weight excluding hydrogens is 354 g/mol. The first-order chi connectivity index (χ1) is 12.2. The third kappa shape index (κ3) is 2.76. The summed E-state index contributed by atoms with van der Waals surface area (Å²) in [6.07, 6.45) is 4.76. The van der Waals surface area contributed by atoms with Crippen molar-refractivity contribution in [2.75, 3.05) is 24.5 Å². The monoisotopic (exact) mass is 375 g/mol. The lowest BCUT2D eigenvalue weighted by Gasteiger charge is -2.49. The maximum absolute atomic E-state index is 6.18. The molecule has 1 aliphatic carbocycles. The van der Waals surface area contributed by atoms with E-state index in [-0.39, 0.29) is 0 Å². The van der Waals surface area contributed by atoms with Gasteiger partial charge in [-0.3, -0.25) is 0 Å². The molecule has 4 aliphatic rings. The van der Waals surface area contributed by atoms with Crippen molar-refractivity contribution in [2.24, 2.45) is 11.7 Å². The molecule has 132 valence electrons. The summed E-state index contributed by atoms with van der Waals surface area (Å²) in [5.41, 5.74) is 7.19. The van der Waals surface area contributed by atoms with Crippen LogP contribution in [0.4, 0.5) is 5.69 Å². The van der Waals surface area contributed by atoms with E-state index in [0.29, 0.717) is 28.9 Å². The van der Waals surface area contributed by atoms with E-state index in [9.17, 15) is 0 Å². The second-order valence-corrected chi connectivity index (χ2v) is 8.61. The molecule has 5 heterocycles. The Hall–Kier alpha value is -1.51. The molecule has 0 radical (unpaired) electrons. The zero-order valence-corrected chi connectivity index (χ0v) is 15.6. The third-order valence-electron chi connectivity index (χ3n) is 5.67. The van der Waals surface area contributed by atoms with Crippen molar-refractivity contribution in [2.45, 2.75) is 37.6 Å². The van der Waals surface area contributed by atoms with Gasteiger partial charge >= 0.3 is 0 Å². The van der Waals surface area contributed by atoms with Crippen molar-refractivity contribution in [1.82, 2.24) is 15.0 Å². The van der Waals surface area contributed by atoms with Gasteiger partial charge in [-0.1, -0.05) is 5.16 Å². The molecule has 1 atom stereocenters. The molecule has 2 aromatic heterocycles. The molecule has 25 heavy (non-hydrogen) atoms. The molecule has 4 fully saturated rings. The van der Waals surface area contributed by atoms with E-state index in [1.165, 1.54) is 25.9 Å². The van der Waals surface area contributed by atoms with Gasteiger partial charge in [-0.2, -0.15) is 4.98 Å². The number of piperidine rings is 3. The predicted octanol–water partition coefficient (Wildman–Crippen LogP) is 2.82. The van der Waals surface area contributed by atoms with E-state index in [1.807, 2.05) is 0 Å². The topological polar surface area (TPSA) is 71.4 Å². The summed E-state index contributed by atoms with van der Waals surface area (Å²) in [5.74, 6) is 2.55. The van der Waals surface area contributed by atoms with E-state index in [4.69, 9.17) is 22.5 Å². The fourth-order valence-electron chi connectivity index (χ4n) is 4.17. The molecule has 2 aromatic rings. The molecule has 0 spiro atoms. The van der Waals surface area contributed by atoms with Crippen LogP contribution in [0, 0.1) is 5.92 Å². The molecule has 2 bridgehead atoms. The number of thiocarbonyl (C=S) groups is 1. The summed E-state index contributed by atoms with van der Waals surface area (Å²) in [6, 6.07) is 2.41. The molecule has 3 saturated heterocycles. The van der Waals surface area contributed by atoms with Crippen LogP contribution in [0.2, 0.25) is 0 Å². The largest absolute Gasteiger partial charge is 0.376 e. The normalized spacial score (nSPS) is 28.2. The van der Waals surface area contributed by atoms with Gasteiger partial charge in [0, 0.05) is 12.5 Å². The molecule has 3 aliphatic heterocycles. The van der Waals surface area contributed by atoms with Crippen LogP contribution >= 0.6 is 23.6 Å². The highest BCUT2D eigenvalue weighted by Crippen LogP contribution is 2.42. The number of nitrogens with zero attached hydrogens (tertiary/aromatic N) is 4. The van der Waals surface area contributed by atoms with Crippen LogP contribution in [-0.4, -0.2) is 45.8 Å². The summed E-state index contributed by atoms with van der Waals surface area (Å²) in [7, 11) is 0. The van der Waals surface area contributed by atoms with Crippen molar-refractivity contribution >= 4 is 34.4 Å². The van der Waals surface area contributed by atoms with Gasteiger partial charge < -0.3 is 20.1 Å². The number of rotatable bonds is 4. The maximum atomic E-state index is 6.18. The van der Waals surface area contributed by atoms with E-state index >= 15 is 0 Å². The van der Waals surface area contributed by atoms with Crippen LogP contribution in [0.3, 0.4) is 0 Å². The van der Waals surface area contributed by atoms with Gasteiger partial charge in [-0.25, -0.2) is 0 Å². The van der Waals surface area contributed by atoms with Crippen LogP contribution in [0.1, 0.15) is 37.4 Å². The highest BCUT2D eigenvalue weighted by atomic mass is 32.1. The van der Waals surface area contributed by atoms with E-state index < -0.39 is 0 Å². The van der Waals surface area contributed by atoms with Gasteiger partial charge in [0.05, 0.1) is 11.7 Å². The van der Waals surface area contributed by atoms with Gasteiger partial charge in [-0.05, 0) is 68.4 Å². The van der Waals surface area contributed by atoms with Gasteiger partial charge in [0.1, 0.15) is 4.88 Å². The lowest BCUT2D eigenvalue weighted by molar-refractivity contribution is 0.0907. The van der Waals surface area contributed by atoms with E-state index in [2.05, 4.69) is 31.4 Å². The molecule has 6 nitrogen and oxygen atoms in total. The van der Waals surface area contributed by atoms with Gasteiger partial charge in [0.2, 0.25) is 0 Å². The minimum atomic E-state index is 0.333. The van der Waals surface area contributed by atoms with Crippen molar-refractivity contribution < 1.29 is 4.52 Å². The average Bonchev–Trinajstić information content (AvgIpc) is 3.16. The van der Waals surface area contributed by atoms with Crippen LogP contribution in [0.25, 0.3) is 10.8 Å². The van der Waals surface area contributed by atoms with Gasteiger partial charge in [0.15, 0.2) is 10.9 Å². The predicted molar refractivity (Wildman–Crippen MR) is 102 cm³/mol. The van der Waals surface area contributed by atoms with Crippen molar-refractivity contribution in [3.05, 3.63) is 17.3 Å². The molecular formula is C17H21N5OS2. The van der Waals surface area contributed by atoms with Crippen molar-refractivity contribution in [3.8, 4) is 10.8 Å². The summed E-state index contributed by atoms with van der Waals surface area (Å²) >= 11 is 7.06. The van der Waals surface area contributed by atoms with Gasteiger partial charge in [0.25, 0.3) is 5.89 Å². The molecule has 6 rings (SSSR count). The fourth-order valence-corrected chi connectivity index (χ4v) is 5.21. The lowest BCUT2D eigenvalue weighted by atomic mass is 9.83. The molecule has 0 aromatic carbocycles. The first-order valence-electron chi connectivity index (χ1n) is 8.93.